The summed E-state index contributed by atoms with van der Waals surface area (Å²) in [6, 6.07) is 0. The van der Waals surface area contributed by atoms with Crippen LogP contribution in [0.4, 0.5) is 5.69 Å². The van der Waals surface area contributed by atoms with E-state index in [1.54, 1.807) is 0 Å². The molecular weight excluding hydrogens is 230 g/mol. The summed E-state index contributed by atoms with van der Waals surface area (Å²) in [7, 11) is 0. The summed E-state index contributed by atoms with van der Waals surface area (Å²) in [6.07, 6.45) is 0. The first kappa shape index (κ1) is 12.5. The number of thiophene rings is 1. The van der Waals surface area contributed by atoms with Gasteiger partial charge >= 0.3 is 11.9 Å². The highest BCUT2D eigenvalue weighted by molar-refractivity contribution is 7.13. The number of hydrogen-bond donors (Lipinski definition) is 2. The van der Waals surface area contributed by atoms with E-state index >= 15 is 0 Å². The number of carboxylic acids is 1. The van der Waals surface area contributed by atoms with Gasteiger partial charge in [0.15, 0.2) is 0 Å². The van der Waals surface area contributed by atoms with Gasteiger partial charge in [-0.15, -0.1) is 11.3 Å². The largest absolute Gasteiger partial charge is 0.477 e. The second-order valence-electron chi connectivity index (χ2n) is 3.69. The van der Waals surface area contributed by atoms with Gasteiger partial charge in [0.25, 0.3) is 0 Å². The SMILES string of the molecule is CC(C)COC(=O)c1c(N)csc1C(=O)O. The first-order valence-corrected chi connectivity index (χ1v) is 5.58. The normalized spacial score (nSPS) is 10.4. The zero-order chi connectivity index (χ0) is 12.3. The topological polar surface area (TPSA) is 89.6 Å². The predicted octanol–water partition coefficient (Wildman–Crippen LogP) is 1.84. The van der Waals surface area contributed by atoms with Crippen molar-refractivity contribution in [2.75, 3.05) is 12.3 Å². The van der Waals surface area contributed by atoms with Crippen LogP contribution >= 0.6 is 11.3 Å². The number of esters is 1. The highest BCUT2D eigenvalue weighted by Gasteiger charge is 2.23. The number of carbonyl (C=O) groups is 2. The van der Waals surface area contributed by atoms with E-state index in [2.05, 4.69) is 0 Å². The van der Waals surface area contributed by atoms with Crippen LogP contribution in [0.1, 0.15) is 33.9 Å². The zero-order valence-electron chi connectivity index (χ0n) is 9.02. The van der Waals surface area contributed by atoms with Crippen LogP contribution in [-0.2, 0) is 4.74 Å². The van der Waals surface area contributed by atoms with Crippen molar-refractivity contribution in [3.8, 4) is 0 Å². The number of ether oxygens (including phenoxy) is 1. The lowest BCUT2D eigenvalue weighted by atomic mass is 10.2. The molecule has 0 bridgehead atoms. The number of aromatic carboxylic acids is 1. The number of carbonyl (C=O) groups excluding carboxylic acids is 1. The van der Waals surface area contributed by atoms with Crippen molar-refractivity contribution in [2.24, 2.45) is 5.92 Å². The van der Waals surface area contributed by atoms with E-state index in [0.29, 0.717) is 0 Å². The third kappa shape index (κ3) is 2.73. The van der Waals surface area contributed by atoms with E-state index < -0.39 is 11.9 Å². The Morgan fingerprint density at radius 3 is 2.69 bits per heavy atom. The molecule has 88 valence electrons. The summed E-state index contributed by atoms with van der Waals surface area (Å²) in [5, 5.41) is 10.3. The lowest BCUT2D eigenvalue weighted by Gasteiger charge is -2.07. The average Bonchev–Trinajstić information content (AvgIpc) is 2.56. The molecule has 0 amide bonds. The van der Waals surface area contributed by atoms with Gasteiger partial charge in [0, 0.05) is 5.38 Å². The molecule has 1 rings (SSSR count). The van der Waals surface area contributed by atoms with Crippen molar-refractivity contribution < 1.29 is 19.4 Å². The van der Waals surface area contributed by atoms with E-state index in [0.717, 1.165) is 11.3 Å². The van der Waals surface area contributed by atoms with Gasteiger partial charge in [-0.2, -0.15) is 0 Å². The summed E-state index contributed by atoms with van der Waals surface area (Å²) in [5.74, 6) is -1.65. The van der Waals surface area contributed by atoms with Crippen LogP contribution < -0.4 is 5.73 Å². The minimum absolute atomic E-state index is 0.0434. The Hall–Kier alpha value is -1.56. The van der Waals surface area contributed by atoms with Gasteiger partial charge in [0.1, 0.15) is 10.4 Å². The molecule has 0 radical (unpaired) electrons. The molecule has 3 N–H and O–H groups in total. The summed E-state index contributed by atoms with van der Waals surface area (Å²) in [6.45, 7) is 4.03. The van der Waals surface area contributed by atoms with Crippen LogP contribution in [0.5, 0.6) is 0 Å². The van der Waals surface area contributed by atoms with E-state index in [9.17, 15) is 9.59 Å². The van der Waals surface area contributed by atoms with Crippen LogP contribution in [0, 0.1) is 5.92 Å². The Morgan fingerprint density at radius 1 is 1.56 bits per heavy atom. The van der Waals surface area contributed by atoms with Crippen LogP contribution in [0.25, 0.3) is 0 Å². The molecule has 0 unspecified atom stereocenters. The monoisotopic (exact) mass is 243 g/mol. The molecular formula is C10H13NO4S. The summed E-state index contributed by atoms with van der Waals surface area (Å²) < 4.78 is 4.94. The maximum absolute atomic E-state index is 11.6. The molecule has 5 nitrogen and oxygen atoms in total. The van der Waals surface area contributed by atoms with E-state index in [1.807, 2.05) is 13.8 Å². The highest BCUT2D eigenvalue weighted by Crippen LogP contribution is 2.25. The van der Waals surface area contributed by atoms with Gasteiger partial charge in [0.2, 0.25) is 0 Å². The van der Waals surface area contributed by atoms with Crippen LogP contribution in [0.15, 0.2) is 5.38 Å². The average molecular weight is 243 g/mol. The number of nitrogens with two attached hydrogens (primary N) is 1. The molecule has 0 fully saturated rings. The maximum atomic E-state index is 11.6. The molecule has 0 spiro atoms. The number of nitrogen functional groups attached to an aromatic ring is 1. The number of carboxylic acid groups (broad SMARTS) is 1. The summed E-state index contributed by atoms with van der Waals surface area (Å²) in [5.41, 5.74) is 5.64. The zero-order valence-corrected chi connectivity index (χ0v) is 9.84. The quantitative estimate of drug-likeness (QED) is 0.787. The van der Waals surface area contributed by atoms with Crippen molar-refractivity contribution in [1.82, 2.24) is 0 Å². The fourth-order valence-corrected chi connectivity index (χ4v) is 1.84. The molecule has 6 heteroatoms. The molecule has 0 atom stereocenters. The Kier molecular flexibility index (Phi) is 3.89. The predicted molar refractivity (Wildman–Crippen MR) is 60.8 cm³/mol. The second-order valence-corrected chi connectivity index (χ2v) is 4.57. The van der Waals surface area contributed by atoms with Crippen molar-refractivity contribution in [3.63, 3.8) is 0 Å². The maximum Gasteiger partial charge on any atom is 0.346 e. The minimum atomic E-state index is -1.17. The Morgan fingerprint density at radius 2 is 2.19 bits per heavy atom. The number of hydrogen-bond acceptors (Lipinski definition) is 5. The van der Waals surface area contributed by atoms with Gasteiger partial charge < -0.3 is 15.6 Å². The number of anilines is 1. The molecule has 0 saturated heterocycles. The first-order valence-electron chi connectivity index (χ1n) is 4.70. The van der Waals surface area contributed by atoms with Crippen molar-refractivity contribution in [2.45, 2.75) is 13.8 Å². The lowest BCUT2D eigenvalue weighted by Crippen LogP contribution is -2.14. The lowest BCUT2D eigenvalue weighted by molar-refractivity contribution is 0.0453. The van der Waals surface area contributed by atoms with E-state index in [4.69, 9.17) is 15.6 Å². The summed E-state index contributed by atoms with van der Waals surface area (Å²) in [4.78, 5) is 22.3. The van der Waals surface area contributed by atoms with Crippen molar-refractivity contribution in [1.29, 1.82) is 0 Å². The Labute approximate surface area is 96.8 Å². The number of rotatable bonds is 4. The van der Waals surface area contributed by atoms with Crippen LogP contribution in [0.2, 0.25) is 0 Å². The third-order valence-electron chi connectivity index (χ3n) is 1.77. The van der Waals surface area contributed by atoms with Crippen LogP contribution in [-0.4, -0.2) is 23.7 Å². The van der Waals surface area contributed by atoms with Gasteiger partial charge in [-0.3, -0.25) is 0 Å². The molecule has 1 aromatic rings. The summed E-state index contributed by atoms with van der Waals surface area (Å²) >= 11 is 0.921. The third-order valence-corrected chi connectivity index (χ3v) is 2.75. The van der Waals surface area contributed by atoms with Crippen molar-refractivity contribution >= 4 is 29.0 Å². The molecule has 0 saturated carbocycles. The highest BCUT2D eigenvalue weighted by atomic mass is 32.1. The fraction of sp³-hybridized carbons (Fsp3) is 0.400. The molecule has 0 aliphatic heterocycles. The Bertz CT molecular complexity index is 411. The van der Waals surface area contributed by atoms with Gasteiger partial charge in [-0.1, -0.05) is 13.8 Å². The van der Waals surface area contributed by atoms with Gasteiger partial charge in [0.05, 0.1) is 12.3 Å². The van der Waals surface area contributed by atoms with Gasteiger partial charge in [-0.25, -0.2) is 9.59 Å². The first-order chi connectivity index (χ1) is 7.43. The molecule has 0 aliphatic rings. The molecule has 16 heavy (non-hydrogen) atoms. The van der Waals surface area contributed by atoms with Crippen molar-refractivity contribution in [3.05, 3.63) is 15.8 Å². The smallest absolute Gasteiger partial charge is 0.346 e. The molecule has 0 aromatic carbocycles. The second kappa shape index (κ2) is 4.98. The standard InChI is InChI=1S/C10H13NO4S/c1-5(2)3-15-10(14)7-6(11)4-16-8(7)9(12)13/h4-5H,3,11H2,1-2H3,(H,12,13). The van der Waals surface area contributed by atoms with Gasteiger partial charge in [-0.05, 0) is 5.92 Å². The molecule has 0 aliphatic carbocycles. The van der Waals surface area contributed by atoms with E-state index in [1.165, 1.54) is 5.38 Å². The minimum Gasteiger partial charge on any atom is -0.477 e. The van der Waals surface area contributed by atoms with Crippen LogP contribution in [0.3, 0.4) is 0 Å². The molecule has 1 heterocycles. The van der Waals surface area contributed by atoms with E-state index in [-0.39, 0.29) is 28.7 Å². The Balaban J connectivity index is 2.90. The fourth-order valence-electron chi connectivity index (χ4n) is 1.05. The molecule has 1 aromatic heterocycles.